The van der Waals surface area contributed by atoms with Crippen LogP contribution in [0.3, 0.4) is 0 Å². The van der Waals surface area contributed by atoms with Crippen molar-refractivity contribution in [2.45, 2.75) is 6.61 Å². The monoisotopic (exact) mass is 380 g/mol. The lowest BCUT2D eigenvalue weighted by atomic mass is 10.1. The zero-order chi connectivity index (χ0) is 19.6. The van der Waals surface area contributed by atoms with Crippen molar-refractivity contribution >= 4 is 23.4 Å². The predicted molar refractivity (Wildman–Crippen MR) is 87.4 cm³/mol. The molecular weight excluding hydrogens is 369 g/mol. The second-order valence-corrected chi connectivity index (χ2v) is 5.44. The van der Waals surface area contributed by atoms with E-state index in [0.717, 1.165) is 12.1 Å². The molecule has 0 spiro atoms. The standard InChI is InChI=1S/C17H11F3N2O5/c18-12-2-3-13(16(20)15(12)19)21-14(23)4-1-9-5-11(22(24)25)6-10-7-26-8-27-17(9)10/h1-6H,7-8H2,(H,21,23)/b4-1+. The van der Waals surface area contributed by atoms with Crippen LogP contribution in [0.15, 0.2) is 30.3 Å². The van der Waals surface area contributed by atoms with E-state index in [9.17, 15) is 28.1 Å². The largest absolute Gasteiger partial charge is 0.467 e. The van der Waals surface area contributed by atoms with Crippen LogP contribution in [0.1, 0.15) is 11.1 Å². The molecule has 3 rings (SSSR count). The minimum Gasteiger partial charge on any atom is -0.467 e. The lowest BCUT2D eigenvalue weighted by molar-refractivity contribution is -0.385. The molecule has 0 atom stereocenters. The molecule has 1 heterocycles. The zero-order valence-electron chi connectivity index (χ0n) is 13.5. The van der Waals surface area contributed by atoms with Crippen LogP contribution in [0.4, 0.5) is 24.5 Å². The van der Waals surface area contributed by atoms with E-state index in [1.807, 2.05) is 0 Å². The van der Waals surface area contributed by atoms with Crippen LogP contribution in [0.5, 0.6) is 5.75 Å². The summed E-state index contributed by atoms with van der Waals surface area (Å²) in [5.74, 6) is -5.17. The maximum absolute atomic E-state index is 13.6. The fourth-order valence-electron chi connectivity index (χ4n) is 2.42. The number of benzene rings is 2. The van der Waals surface area contributed by atoms with Gasteiger partial charge in [-0.2, -0.15) is 0 Å². The highest BCUT2D eigenvalue weighted by atomic mass is 19.2. The van der Waals surface area contributed by atoms with E-state index in [1.54, 1.807) is 0 Å². The van der Waals surface area contributed by atoms with Crippen molar-refractivity contribution in [3.63, 3.8) is 0 Å². The number of hydrogen-bond acceptors (Lipinski definition) is 5. The van der Waals surface area contributed by atoms with Gasteiger partial charge in [-0.15, -0.1) is 0 Å². The van der Waals surface area contributed by atoms with Crippen LogP contribution < -0.4 is 10.1 Å². The lowest BCUT2D eigenvalue weighted by Gasteiger charge is -2.19. The first-order valence-corrected chi connectivity index (χ1v) is 7.51. The number of nitrogens with one attached hydrogen (secondary N) is 1. The molecule has 1 N–H and O–H groups in total. The molecule has 2 aromatic carbocycles. The molecule has 27 heavy (non-hydrogen) atoms. The van der Waals surface area contributed by atoms with Crippen molar-refractivity contribution < 1.29 is 32.4 Å². The fraction of sp³-hybridized carbons (Fsp3) is 0.118. The Kier molecular flexibility index (Phi) is 5.08. The Balaban J connectivity index is 1.85. The number of halogens is 3. The molecule has 7 nitrogen and oxygen atoms in total. The molecular formula is C17H11F3N2O5. The number of fused-ring (bicyclic) bond motifs is 1. The maximum atomic E-state index is 13.6. The van der Waals surface area contributed by atoms with Gasteiger partial charge in [0, 0.05) is 29.3 Å². The third kappa shape index (κ3) is 3.90. The molecule has 140 valence electrons. The first-order valence-electron chi connectivity index (χ1n) is 7.51. The number of nitro benzene ring substituents is 1. The van der Waals surface area contributed by atoms with Crippen LogP contribution in [-0.4, -0.2) is 17.6 Å². The number of amides is 1. The Morgan fingerprint density at radius 1 is 1.22 bits per heavy atom. The summed E-state index contributed by atoms with van der Waals surface area (Å²) in [5, 5.41) is 13.1. The van der Waals surface area contributed by atoms with Crippen LogP contribution >= 0.6 is 0 Å². The molecule has 2 aromatic rings. The number of nitro groups is 1. The minimum atomic E-state index is -1.71. The van der Waals surface area contributed by atoms with Crippen LogP contribution in [-0.2, 0) is 16.1 Å². The average molecular weight is 380 g/mol. The molecule has 0 aliphatic carbocycles. The SMILES string of the molecule is O=C(/C=C/c1cc([N+](=O)[O-])cc2c1OCOC2)Nc1ccc(F)c(F)c1F. The second-order valence-electron chi connectivity index (χ2n) is 5.44. The highest BCUT2D eigenvalue weighted by Gasteiger charge is 2.20. The van der Waals surface area contributed by atoms with Crippen molar-refractivity contribution in [2.75, 3.05) is 12.1 Å². The molecule has 0 aromatic heterocycles. The van der Waals surface area contributed by atoms with Crippen molar-refractivity contribution in [2.24, 2.45) is 0 Å². The third-order valence-corrected chi connectivity index (χ3v) is 3.64. The number of nitrogens with zero attached hydrogens (tertiary/aromatic N) is 1. The molecule has 1 aliphatic heterocycles. The molecule has 10 heteroatoms. The summed E-state index contributed by atoms with van der Waals surface area (Å²) in [6, 6.07) is 4.03. The van der Waals surface area contributed by atoms with E-state index >= 15 is 0 Å². The lowest BCUT2D eigenvalue weighted by Crippen LogP contribution is -2.13. The zero-order valence-corrected chi connectivity index (χ0v) is 13.5. The van der Waals surface area contributed by atoms with Gasteiger partial charge in [0.15, 0.2) is 24.2 Å². The number of hydrogen-bond donors (Lipinski definition) is 1. The van der Waals surface area contributed by atoms with Crippen LogP contribution in [0.25, 0.3) is 6.08 Å². The Morgan fingerprint density at radius 3 is 2.74 bits per heavy atom. The summed E-state index contributed by atoms with van der Waals surface area (Å²) in [6.45, 7) is 0.0437. The first kappa shape index (κ1) is 18.4. The summed E-state index contributed by atoms with van der Waals surface area (Å²) in [7, 11) is 0. The van der Waals surface area contributed by atoms with Gasteiger partial charge in [0.25, 0.3) is 5.69 Å². The van der Waals surface area contributed by atoms with Gasteiger partial charge in [-0.3, -0.25) is 14.9 Å². The molecule has 1 amide bonds. The van der Waals surface area contributed by atoms with Gasteiger partial charge in [0.2, 0.25) is 5.91 Å². The number of rotatable bonds is 4. The van der Waals surface area contributed by atoms with E-state index in [-0.39, 0.29) is 24.7 Å². The molecule has 0 saturated carbocycles. The summed E-state index contributed by atoms with van der Waals surface area (Å²) in [6.07, 6.45) is 2.18. The van der Waals surface area contributed by atoms with E-state index in [4.69, 9.17) is 9.47 Å². The first-order chi connectivity index (χ1) is 12.9. The number of anilines is 1. The smallest absolute Gasteiger partial charge is 0.270 e. The molecule has 0 radical (unpaired) electrons. The van der Waals surface area contributed by atoms with E-state index < -0.39 is 34.0 Å². The van der Waals surface area contributed by atoms with Gasteiger partial charge >= 0.3 is 0 Å². The minimum absolute atomic E-state index is 0.0576. The van der Waals surface area contributed by atoms with Gasteiger partial charge in [-0.25, -0.2) is 13.2 Å². The van der Waals surface area contributed by atoms with E-state index in [2.05, 4.69) is 5.32 Å². The number of ether oxygens (including phenoxy) is 2. The van der Waals surface area contributed by atoms with E-state index in [0.29, 0.717) is 17.4 Å². The average Bonchev–Trinajstić information content (AvgIpc) is 2.66. The number of carbonyl (C=O) groups is 1. The topological polar surface area (TPSA) is 90.7 Å². The summed E-state index contributed by atoms with van der Waals surface area (Å²) < 4.78 is 50.1. The Hall–Kier alpha value is -3.40. The van der Waals surface area contributed by atoms with Crippen molar-refractivity contribution in [1.82, 2.24) is 0 Å². The fourth-order valence-corrected chi connectivity index (χ4v) is 2.42. The molecule has 0 unspecified atom stereocenters. The van der Waals surface area contributed by atoms with Crippen molar-refractivity contribution in [3.8, 4) is 5.75 Å². The number of carbonyl (C=O) groups excluding carboxylic acids is 1. The van der Waals surface area contributed by atoms with Gasteiger partial charge in [-0.1, -0.05) is 0 Å². The molecule has 0 fully saturated rings. The summed E-state index contributed by atoms with van der Waals surface area (Å²) in [5.41, 5.74) is -0.102. The van der Waals surface area contributed by atoms with Crippen LogP contribution in [0.2, 0.25) is 0 Å². The van der Waals surface area contributed by atoms with Gasteiger partial charge in [0.05, 0.1) is 17.2 Å². The maximum Gasteiger partial charge on any atom is 0.270 e. The highest BCUT2D eigenvalue weighted by molar-refractivity contribution is 6.02. The normalized spacial score (nSPS) is 13.1. The highest BCUT2D eigenvalue weighted by Crippen LogP contribution is 2.33. The van der Waals surface area contributed by atoms with Crippen LogP contribution in [0, 0.1) is 27.6 Å². The second kappa shape index (κ2) is 7.46. The number of non-ortho nitro benzene ring substituents is 1. The Labute approximate surface area is 150 Å². The Morgan fingerprint density at radius 2 is 2.00 bits per heavy atom. The summed E-state index contributed by atoms with van der Waals surface area (Å²) in [4.78, 5) is 22.4. The quantitative estimate of drug-likeness (QED) is 0.379. The Bertz CT molecular complexity index is 962. The van der Waals surface area contributed by atoms with Gasteiger partial charge in [0.1, 0.15) is 5.75 Å². The molecule has 0 saturated heterocycles. The van der Waals surface area contributed by atoms with Gasteiger partial charge in [-0.05, 0) is 18.2 Å². The van der Waals surface area contributed by atoms with Crippen molar-refractivity contribution in [1.29, 1.82) is 0 Å². The molecule has 0 bridgehead atoms. The predicted octanol–water partition coefficient (Wildman–Crippen LogP) is 3.53. The van der Waals surface area contributed by atoms with Crippen molar-refractivity contribution in [3.05, 3.63) is 69.0 Å². The van der Waals surface area contributed by atoms with Gasteiger partial charge < -0.3 is 14.8 Å². The molecule has 1 aliphatic rings. The van der Waals surface area contributed by atoms with E-state index in [1.165, 1.54) is 18.2 Å². The summed E-state index contributed by atoms with van der Waals surface area (Å²) >= 11 is 0. The third-order valence-electron chi connectivity index (χ3n) is 3.64.